The number of carbonyl (C=O) groups is 1. The van der Waals surface area contributed by atoms with Gasteiger partial charge in [0.25, 0.3) is 15.7 Å². The van der Waals surface area contributed by atoms with Gasteiger partial charge in [0.15, 0.2) is 4.90 Å². The molecule has 1 heterocycles. The molecule has 2 atom stereocenters. The van der Waals surface area contributed by atoms with Gasteiger partial charge in [0.1, 0.15) is 0 Å². The van der Waals surface area contributed by atoms with Gasteiger partial charge in [-0.05, 0) is 18.4 Å². The Morgan fingerprint density at radius 2 is 2.00 bits per heavy atom. The van der Waals surface area contributed by atoms with Gasteiger partial charge in [0.05, 0.1) is 4.92 Å². The third kappa shape index (κ3) is 1.71. The average Bonchev–Trinajstić information content (AvgIpc) is 3.08. The molecule has 3 rings (SSSR count). The number of nitro benzene ring substituents is 1. The van der Waals surface area contributed by atoms with Crippen molar-refractivity contribution in [3.63, 3.8) is 0 Å². The maximum absolute atomic E-state index is 12.3. The maximum Gasteiger partial charge on any atom is 0.289 e. The van der Waals surface area contributed by atoms with Crippen LogP contribution < -0.4 is 0 Å². The predicted octanol–water partition coefficient (Wildman–Crippen LogP) is 0.762. The number of para-hydroxylation sites is 1. The molecule has 2 fully saturated rings. The smallest absolute Gasteiger partial charge is 0.273 e. The van der Waals surface area contributed by atoms with Gasteiger partial charge in [-0.25, -0.2) is 12.7 Å². The highest BCUT2D eigenvalue weighted by atomic mass is 32.2. The fraction of sp³-hybridized carbons (Fsp3) is 0.364. The number of amides is 1. The summed E-state index contributed by atoms with van der Waals surface area (Å²) < 4.78 is 25.4. The van der Waals surface area contributed by atoms with Crippen molar-refractivity contribution in [2.45, 2.75) is 11.3 Å². The first-order valence-electron chi connectivity index (χ1n) is 5.73. The van der Waals surface area contributed by atoms with Gasteiger partial charge in [-0.1, -0.05) is 12.1 Å². The van der Waals surface area contributed by atoms with Crippen LogP contribution in [0.5, 0.6) is 0 Å². The summed E-state index contributed by atoms with van der Waals surface area (Å²) in [5.41, 5.74) is -0.504. The van der Waals surface area contributed by atoms with Crippen LogP contribution in [0.3, 0.4) is 0 Å². The first kappa shape index (κ1) is 12.1. The normalized spacial score (nSPS) is 25.3. The Morgan fingerprint density at radius 1 is 1.32 bits per heavy atom. The molecule has 0 N–H and O–H groups in total. The van der Waals surface area contributed by atoms with Gasteiger partial charge in [-0.3, -0.25) is 14.9 Å². The molecule has 1 saturated heterocycles. The highest BCUT2D eigenvalue weighted by Gasteiger charge is 2.56. The number of fused-ring (bicyclic) bond motifs is 1. The van der Waals surface area contributed by atoms with Crippen molar-refractivity contribution in [3.8, 4) is 0 Å². The Balaban J connectivity index is 2.06. The average molecular weight is 282 g/mol. The summed E-state index contributed by atoms with van der Waals surface area (Å²) in [7, 11) is -4.12. The van der Waals surface area contributed by atoms with Crippen LogP contribution in [0, 0.1) is 22.0 Å². The van der Waals surface area contributed by atoms with Gasteiger partial charge in [-0.2, -0.15) is 0 Å². The molecule has 1 aromatic carbocycles. The van der Waals surface area contributed by atoms with Gasteiger partial charge in [-0.15, -0.1) is 0 Å². The zero-order valence-electron chi connectivity index (χ0n) is 9.72. The predicted molar refractivity (Wildman–Crippen MR) is 63.6 cm³/mol. The zero-order chi connectivity index (χ0) is 13.8. The lowest BCUT2D eigenvalue weighted by atomic mass is 10.3. The Morgan fingerprint density at radius 3 is 2.58 bits per heavy atom. The summed E-state index contributed by atoms with van der Waals surface area (Å²) in [6.45, 7) is 0.137. The number of hydrogen-bond donors (Lipinski definition) is 0. The SMILES string of the molecule is O=C1C2CC2CN1S(=O)(=O)c1ccccc1[N+](=O)[O-]. The molecule has 8 heteroatoms. The molecule has 19 heavy (non-hydrogen) atoms. The third-order valence-electron chi connectivity index (χ3n) is 3.52. The van der Waals surface area contributed by atoms with Crippen LogP contribution in [0.1, 0.15) is 6.42 Å². The molecule has 0 spiro atoms. The number of nitro groups is 1. The Bertz CT molecular complexity index is 684. The van der Waals surface area contributed by atoms with Crippen molar-refractivity contribution in [1.82, 2.24) is 4.31 Å². The second-order valence-electron chi connectivity index (χ2n) is 4.70. The number of sulfonamides is 1. The van der Waals surface area contributed by atoms with Crippen LogP contribution in [0.25, 0.3) is 0 Å². The second-order valence-corrected chi connectivity index (χ2v) is 6.53. The van der Waals surface area contributed by atoms with Crippen LogP contribution in [0.15, 0.2) is 29.2 Å². The van der Waals surface area contributed by atoms with E-state index in [1.807, 2.05) is 0 Å². The molecule has 0 radical (unpaired) electrons. The molecule has 100 valence electrons. The number of carbonyl (C=O) groups excluding carboxylic acids is 1. The van der Waals surface area contributed by atoms with Gasteiger partial charge >= 0.3 is 0 Å². The Kier molecular flexibility index (Phi) is 2.40. The van der Waals surface area contributed by atoms with E-state index in [2.05, 4.69) is 0 Å². The van der Waals surface area contributed by atoms with Crippen molar-refractivity contribution >= 4 is 21.6 Å². The van der Waals surface area contributed by atoms with Crippen molar-refractivity contribution in [2.24, 2.45) is 11.8 Å². The standard InChI is InChI=1S/C11H10N2O5S/c14-11-8-5-7(8)6-12(11)19(17,18)10-4-2-1-3-9(10)13(15)16/h1-4,7-8H,5-6H2. The van der Waals surface area contributed by atoms with Gasteiger partial charge < -0.3 is 0 Å². The van der Waals surface area contributed by atoms with E-state index in [9.17, 15) is 23.3 Å². The molecule has 0 aromatic heterocycles. The first-order chi connectivity index (χ1) is 8.93. The summed E-state index contributed by atoms with van der Waals surface area (Å²) in [5, 5.41) is 10.9. The van der Waals surface area contributed by atoms with Crippen molar-refractivity contribution in [3.05, 3.63) is 34.4 Å². The molecule has 7 nitrogen and oxygen atoms in total. The highest BCUT2D eigenvalue weighted by Crippen LogP contribution is 2.48. The molecular weight excluding hydrogens is 272 g/mol. The van der Waals surface area contributed by atoms with Crippen molar-refractivity contribution in [1.29, 1.82) is 0 Å². The van der Waals surface area contributed by atoms with E-state index in [1.54, 1.807) is 0 Å². The highest BCUT2D eigenvalue weighted by molar-refractivity contribution is 7.89. The zero-order valence-corrected chi connectivity index (χ0v) is 10.5. The molecule has 1 amide bonds. The number of benzene rings is 1. The minimum atomic E-state index is -4.12. The topological polar surface area (TPSA) is 97.6 Å². The molecule has 1 aliphatic heterocycles. The van der Waals surface area contributed by atoms with Crippen LogP contribution in [-0.4, -0.2) is 30.1 Å². The van der Waals surface area contributed by atoms with E-state index >= 15 is 0 Å². The number of hydrogen-bond acceptors (Lipinski definition) is 5. The van der Waals surface area contributed by atoms with E-state index in [4.69, 9.17) is 0 Å². The summed E-state index contributed by atoms with van der Waals surface area (Å²) in [4.78, 5) is 21.5. The number of nitrogens with zero attached hydrogens (tertiary/aromatic N) is 2. The van der Waals surface area contributed by atoms with E-state index in [0.29, 0.717) is 0 Å². The molecule has 2 unspecified atom stereocenters. The van der Waals surface area contributed by atoms with Crippen LogP contribution in [0.2, 0.25) is 0 Å². The lowest BCUT2D eigenvalue weighted by Gasteiger charge is -2.18. The second kappa shape index (κ2) is 3.77. The maximum atomic E-state index is 12.3. The van der Waals surface area contributed by atoms with Crippen molar-refractivity contribution in [2.75, 3.05) is 6.54 Å². The van der Waals surface area contributed by atoms with Crippen LogP contribution in [0.4, 0.5) is 5.69 Å². The number of piperidine rings is 1. The molecule has 0 bridgehead atoms. The minimum Gasteiger partial charge on any atom is -0.273 e. The van der Waals surface area contributed by atoms with E-state index in [1.165, 1.54) is 12.1 Å². The molecule has 2 aliphatic rings. The van der Waals surface area contributed by atoms with Gasteiger partial charge in [0.2, 0.25) is 5.91 Å². The lowest BCUT2D eigenvalue weighted by Crippen LogP contribution is -2.35. The summed E-state index contributed by atoms with van der Waals surface area (Å²) in [6.07, 6.45) is 0.724. The Labute approximate surface area is 109 Å². The molecular formula is C11H10N2O5S. The fourth-order valence-electron chi connectivity index (χ4n) is 2.40. The van der Waals surface area contributed by atoms with Crippen LogP contribution >= 0.6 is 0 Å². The van der Waals surface area contributed by atoms with E-state index in [0.717, 1.165) is 22.9 Å². The first-order valence-corrected chi connectivity index (χ1v) is 7.17. The molecule has 1 saturated carbocycles. The monoisotopic (exact) mass is 282 g/mol. The summed E-state index contributed by atoms with van der Waals surface area (Å²) in [6, 6.07) is 5.07. The Hall–Kier alpha value is -1.96. The largest absolute Gasteiger partial charge is 0.289 e. The van der Waals surface area contributed by atoms with Crippen LogP contribution in [-0.2, 0) is 14.8 Å². The van der Waals surface area contributed by atoms with Gasteiger partial charge in [0, 0.05) is 18.5 Å². The molecule has 1 aromatic rings. The number of rotatable bonds is 3. The summed E-state index contributed by atoms with van der Waals surface area (Å²) in [5.74, 6) is -0.564. The van der Waals surface area contributed by atoms with E-state index < -0.39 is 31.4 Å². The van der Waals surface area contributed by atoms with E-state index in [-0.39, 0.29) is 18.4 Å². The lowest BCUT2D eigenvalue weighted by molar-refractivity contribution is -0.387. The van der Waals surface area contributed by atoms with Crippen molar-refractivity contribution < 1.29 is 18.1 Å². The molecule has 1 aliphatic carbocycles. The quantitative estimate of drug-likeness (QED) is 0.602. The third-order valence-corrected chi connectivity index (χ3v) is 5.33. The summed E-state index contributed by atoms with van der Waals surface area (Å²) >= 11 is 0. The fourth-order valence-corrected chi connectivity index (χ4v) is 4.06. The minimum absolute atomic E-state index is 0.0880.